The van der Waals surface area contributed by atoms with E-state index in [-0.39, 0.29) is 25.8 Å². The lowest BCUT2D eigenvalue weighted by molar-refractivity contribution is -0.870. The minimum atomic E-state index is -4.54. The molecule has 0 bridgehead atoms. The van der Waals surface area contributed by atoms with Crippen molar-refractivity contribution < 1.29 is 37.3 Å². The van der Waals surface area contributed by atoms with Gasteiger partial charge in [-0.25, -0.2) is 0 Å². The Morgan fingerprint density at radius 3 is 1.11 bits per heavy atom. The zero-order valence-corrected chi connectivity index (χ0v) is 50.0. The summed E-state index contributed by atoms with van der Waals surface area (Å²) < 4.78 is 34.9. The van der Waals surface area contributed by atoms with E-state index < -0.39 is 13.9 Å². The maximum Gasteiger partial charge on any atom is 0.306 e. The summed E-state index contributed by atoms with van der Waals surface area (Å²) in [5.74, 6) is -0.330. The van der Waals surface area contributed by atoms with E-state index in [9.17, 15) is 14.3 Å². The average molecular weight is 1050 g/mol. The molecule has 73 heavy (non-hydrogen) atoms. The number of phosphoric ester groups is 1. The maximum atomic E-state index is 12.8. The molecule has 0 N–H and O–H groups in total. The zero-order valence-electron chi connectivity index (χ0n) is 49.1. The number of carbonyl (C=O) groups excluding carboxylic acids is 1. The van der Waals surface area contributed by atoms with Gasteiger partial charge in [0.25, 0.3) is 7.82 Å². The average Bonchev–Trinajstić information content (AvgIpc) is 3.35. The molecule has 430 valence electrons. The van der Waals surface area contributed by atoms with Crippen LogP contribution in [-0.4, -0.2) is 70.7 Å². The molecule has 0 aliphatic heterocycles. The third-order valence-corrected chi connectivity index (χ3v) is 14.8. The maximum absolute atomic E-state index is 12.8. The molecule has 8 nitrogen and oxygen atoms in total. The van der Waals surface area contributed by atoms with Crippen LogP contribution in [0.3, 0.4) is 0 Å². The Labute approximate surface area is 454 Å². The van der Waals surface area contributed by atoms with Gasteiger partial charge in [-0.15, -0.1) is 0 Å². The lowest BCUT2D eigenvalue weighted by Crippen LogP contribution is -2.37. The molecule has 2 atom stereocenters. The highest BCUT2D eigenvalue weighted by molar-refractivity contribution is 7.45. The number of quaternary nitrogens is 1. The molecule has 0 radical (unpaired) electrons. The van der Waals surface area contributed by atoms with E-state index >= 15 is 0 Å². The first kappa shape index (κ1) is 71.5. The van der Waals surface area contributed by atoms with Crippen LogP contribution >= 0.6 is 7.82 Å². The number of rotatable bonds is 59. The first-order valence-corrected chi connectivity index (χ1v) is 32.8. The van der Waals surface area contributed by atoms with Crippen molar-refractivity contribution in [1.82, 2.24) is 0 Å². The zero-order chi connectivity index (χ0) is 53.3. The van der Waals surface area contributed by atoms with Gasteiger partial charge in [0.2, 0.25) is 0 Å². The smallest absolute Gasteiger partial charge is 0.306 e. The summed E-state index contributed by atoms with van der Waals surface area (Å²) in [6.07, 6.45) is 73.1. The molecule has 0 aliphatic rings. The van der Waals surface area contributed by atoms with Crippen LogP contribution in [-0.2, 0) is 27.9 Å². The van der Waals surface area contributed by atoms with E-state index in [0.29, 0.717) is 24.1 Å². The molecule has 0 aromatic heterocycles. The third kappa shape index (κ3) is 61.2. The van der Waals surface area contributed by atoms with E-state index in [1.54, 1.807) is 0 Å². The van der Waals surface area contributed by atoms with E-state index in [4.69, 9.17) is 18.5 Å². The van der Waals surface area contributed by atoms with Gasteiger partial charge in [0.1, 0.15) is 19.3 Å². The Bertz CT molecular complexity index is 1310. The Morgan fingerprint density at radius 2 is 0.753 bits per heavy atom. The third-order valence-electron chi connectivity index (χ3n) is 13.9. The van der Waals surface area contributed by atoms with Crippen molar-refractivity contribution in [2.45, 2.75) is 302 Å². The SMILES string of the molecule is CCCCCCC/C=C\C/C=C\CCCCCCCCCCCCCCCCOCC(COP(=O)([O-])OCC[N+](C)(C)C)OC(=O)CCCCCCCCCCCCCCC/C=C\C/C=C\CCCCCCC. The van der Waals surface area contributed by atoms with Gasteiger partial charge in [0, 0.05) is 13.0 Å². The Hall–Kier alpha value is -1.54. The summed E-state index contributed by atoms with van der Waals surface area (Å²) >= 11 is 0. The van der Waals surface area contributed by atoms with Crippen molar-refractivity contribution in [2.24, 2.45) is 0 Å². The van der Waals surface area contributed by atoms with Crippen LogP contribution in [0.2, 0.25) is 0 Å². The van der Waals surface area contributed by atoms with Crippen LogP contribution in [0.5, 0.6) is 0 Å². The van der Waals surface area contributed by atoms with Crippen LogP contribution in [0.25, 0.3) is 0 Å². The second-order valence-corrected chi connectivity index (χ2v) is 23.8. The number of esters is 1. The van der Waals surface area contributed by atoms with Gasteiger partial charge in [-0.05, 0) is 77.0 Å². The van der Waals surface area contributed by atoms with Crippen molar-refractivity contribution in [3.8, 4) is 0 Å². The number of hydrogen-bond donors (Lipinski definition) is 0. The molecule has 0 heterocycles. The monoisotopic (exact) mass is 1050 g/mol. The number of nitrogens with zero attached hydrogens (tertiary/aromatic N) is 1. The quantitative estimate of drug-likeness (QED) is 0.0197. The normalized spacial score (nSPS) is 13.7. The molecular weight excluding hydrogens is 926 g/mol. The van der Waals surface area contributed by atoms with Crippen LogP contribution in [0.1, 0.15) is 296 Å². The summed E-state index contributed by atoms with van der Waals surface area (Å²) in [4.78, 5) is 25.3. The first-order chi connectivity index (χ1) is 35.6. The van der Waals surface area contributed by atoms with Gasteiger partial charge >= 0.3 is 5.97 Å². The highest BCUT2D eigenvalue weighted by Crippen LogP contribution is 2.38. The Balaban J connectivity index is 4.01. The lowest BCUT2D eigenvalue weighted by atomic mass is 10.0. The second-order valence-electron chi connectivity index (χ2n) is 22.4. The molecule has 0 aliphatic carbocycles. The highest BCUT2D eigenvalue weighted by Gasteiger charge is 2.20. The minimum absolute atomic E-state index is 0.0264. The summed E-state index contributed by atoms with van der Waals surface area (Å²) in [6.45, 7) is 5.44. The number of hydrogen-bond acceptors (Lipinski definition) is 7. The van der Waals surface area contributed by atoms with Crippen LogP contribution in [0.15, 0.2) is 48.6 Å². The van der Waals surface area contributed by atoms with Gasteiger partial charge < -0.3 is 27.9 Å². The fraction of sp³-hybridized carbons (Fsp3) is 0.859. The number of ether oxygens (including phenoxy) is 2. The standard InChI is InChI=1S/C64H122NO7P/c1-6-8-10-12-14-16-18-20-22-24-26-28-30-32-34-36-38-40-42-44-46-48-50-52-54-56-59-69-61-63(62-71-73(67,68)70-60-58-65(3,4)5)72-64(66)57-55-53-51-49-47-45-43-41-39-37-35-33-31-29-27-25-23-21-19-17-15-13-11-9-7-2/h18-21,24-27,63H,6-17,22-23,28-62H2,1-5H3/b20-18-,21-19-,26-24-,27-25-. The number of allylic oxidation sites excluding steroid dienone is 8. The summed E-state index contributed by atoms with van der Waals surface area (Å²) in [5.41, 5.74) is 0. The Kier molecular flexibility index (Phi) is 55.5. The summed E-state index contributed by atoms with van der Waals surface area (Å²) in [5, 5.41) is 0. The number of likely N-dealkylation sites (N-methyl/N-ethyl adjacent to an activating group) is 1. The molecule has 0 rings (SSSR count). The molecule has 0 fully saturated rings. The van der Waals surface area contributed by atoms with Gasteiger partial charge in [0.15, 0.2) is 0 Å². The molecule has 2 unspecified atom stereocenters. The second kappa shape index (κ2) is 56.7. The van der Waals surface area contributed by atoms with E-state index in [2.05, 4.69) is 62.5 Å². The largest absolute Gasteiger partial charge is 0.756 e. The van der Waals surface area contributed by atoms with Crippen molar-refractivity contribution in [1.29, 1.82) is 0 Å². The van der Waals surface area contributed by atoms with Gasteiger partial charge in [-0.3, -0.25) is 9.36 Å². The van der Waals surface area contributed by atoms with Crippen molar-refractivity contribution >= 4 is 13.8 Å². The highest BCUT2D eigenvalue weighted by atomic mass is 31.2. The molecule has 0 aromatic carbocycles. The molecule has 0 aromatic rings. The van der Waals surface area contributed by atoms with Gasteiger partial charge in [0.05, 0.1) is 34.4 Å². The van der Waals surface area contributed by atoms with Crippen molar-refractivity contribution in [2.75, 3.05) is 54.1 Å². The molecular formula is C64H122NO7P. The predicted octanol–water partition coefficient (Wildman–Crippen LogP) is 19.6. The Morgan fingerprint density at radius 1 is 0.425 bits per heavy atom. The summed E-state index contributed by atoms with van der Waals surface area (Å²) in [7, 11) is 1.37. The van der Waals surface area contributed by atoms with Crippen LogP contribution in [0, 0.1) is 0 Å². The lowest BCUT2D eigenvalue weighted by Gasteiger charge is -2.28. The van der Waals surface area contributed by atoms with Gasteiger partial charge in [-0.1, -0.05) is 262 Å². The fourth-order valence-corrected chi connectivity index (χ4v) is 9.75. The van der Waals surface area contributed by atoms with Crippen LogP contribution < -0.4 is 4.89 Å². The molecule has 0 spiro atoms. The van der Waals surface area contributed by atoms with Crippen molar-refractivity contribution in [3.05, 3.63) is 48.6 Å². The van der Waals surface area contributed by atoms with E-state index in [1.165, 1.54) is 231 Å². The van der Waals surface area contributed by atoms with Crippen LogP contribution in [0.4, 0.5) is 0 Å². The van der Waals surface area contributed by atoms with E-state index in [0.717, 1.165) is 44.9 Å². The molecule has 0 saturated carbocycles. The van der Waals surface area contributed by atoms with Crippen molar-refractivity contribution in [3.63, 3.8) is 0 Å². The van der Waals surface area contributed by atoms with Gasteiger partial charge in [-0.2, -0.15) is 0 Å². The fourth-order valence-electron chi connectivity index (χ4n) is 9.02. The minimum Gasteiger partial charge on any atom is -0.756 e. The molecule has 9 heteroatoms. The number of unbranched alkanes of at least 4 members (excludes halogenated alkanes) is 37. The molecule has 0 amide bonds. The topological polar surface area (TPSA) is 94.1 Å². The number of carbonyl (C=O) groups is 1. The summed E-state index contributed by atoms with van der Waals surface area (Å²) in [6, 6.07) is 0. The predicted molar refractivity (Wildman–Crippen MR) is 314 cm³/mol. The first-order valence-electron chi connectivity index (χ1n) is 31.4. The molecule has 0 saturated heterocycles. The van der Waals surface area contributed by atoms with E-state index in [1.807, 2.05) is 21.1 Å². The number of phosphoric acid groups is 1.